The molecule has 3 N–H and O–H groups in total. The summed E-state index contributed by atoms with van der Waals surface area (Å²) in [4.78, 5) is 0. The van der Waals surface area contributed by atoms with E-state index in [-0.39, 0.29) is 23.7 Å². The monoisotopic (exact) mass is 527 g/mol. The van der Waals surface area contributed by atoms with Crippen LogP contribution >= 0.6 is 10.9 Å². The molecule has 0 fully saturated rings. The molecule has 3 aromatic carbocycles. The van der Waals surface area contributed by atoms with E-state index in [1.54, 1.807) is 32.2 Å². The summed E-state index contributed by atoms with van der Waals surface area (Å²) >= 11 is 0. The van der Waals surface area contributed by atoms with Crippen LogP contribution in [0.5, 0.6) is 17.2 Å². The summed E-state index contributed by atoms with van der Waals surface area (Å²) < 4.78 is 51.3. The average Bonchev–Trinajstić information content (AvgIpc) is 2.83. The summed E-state index contributed by atoms with van der Waals surface area (Å²) in [5.41, 5.74) is 6.33. The van der Waals surface area contributed by atoms with E-state index in [0.717, 1.165) is 39.1 Å². The van der Waals surface area contributed by atoms with Crippen LogP contribution in [0.3, 0.4) is 0 Å². The van der Waals surface area contributed by atoms with E-state index in [2.05, 4.69) is 32.2 Å². The summed E-state index contributed by atoms with van der Waals surface area (Å²) in [6.45, 7) is 10.0. The van der Waals surface area contributed by atoms with Crippen molar-refractivity contribution in [1.82, 2.24) is 0 Å². The zero-order valence-electron chi connectivity index (χ0n) is 22.0. The lowest BCUT2D eigenvalue weighted by Crippen LogP contribution is -2.32. The Morgan fingerprint density at radius 1 is 0.973 bits per heavy atom. The van der Waals surface area contributed by atoms with Gasteiger partial charge in [0.25, 0.3) is 0 Å². The molecule has 0 saturated heterocycles. The predicted octanol–water partition coefficient (Wildman–Crippen LogP) is 8.06. The van der Waals surface area contributed by atoms with Gasteiger partial charge in [0.05, 0.1) is 18.4 Å². The first-order chi connectivity index (χ1) is 17.4. The Balaban J connectivity index is 1.83. The maximum atomic E-state index is 14.0. The minimum absolute atomic E-state index is 0.0812. The number of benzene rings is 3. The van der Waals surface area contributed by atoms with Gasteiger partial charge in [-0.05, 0) is 68.7 Å². The smallest absolute Gasteiger partial charge is 0.144 e. The van der Waals surface area contributed by atoms with Crippen molar-refractivity contribution < 1.29 is 27.2 Å². The molecule has 4 rings (SSSR count). The molecule has 0 radical (unpaired) electrons. The topological polar surface area (TPSA) is 80.2 Å². The van der Waals surface area contributed by atoms with Crippen molar-refractivity contribution in [3.05, 3.63) is 77.1 Å². The highest BCUT2D eigenvalue weighted by molar-refractivity contribution is 8.20. The molecule has 0 aromatic heterocycles. The fraction of sp³-hybridized carbons (Fsp3) is 0.310. The van der Waals surface area contributed by atoms with Crippen LogP contribution in [0, 0.1) is 12.7 Å². The van der Waals surface area contributed by atoms with Gasteiger partial charge < -0.3 is 19.0 Å². The Morgan fingerprint density at radius 2 is 1.70 bits per heavy atom. The number of nitrogens with one attached hydrogen (secondary N) is 1. The lowest BCUT2D eigenvalue weighted by atomic mass is 9.85. The molecular formula is C29H34FNO5S. The van der Waals surface area contributed by atoms with Gasteiger partial charge in [0.2, 0.25) is 0 Å². The Hall–Kier alpha value is -3.20. The summed E-state index contributed by atoms with van der Waals surface area (Å²) in [7, 11) is -1.63. The van der Waals surface area contributed by atoms with Gasteiger partial charge in [-0.1, -0.05) is 25.1 Å². The predicted molar refractivity (Wildman–Crippen MR) is 149 cm³/mol. The van der Waals surface area contributed by atoms with Crippen LogP contribution in [0.15, 0.2) is 54.6 Å². The first-order valence-electron chi connectivity index (χ1n) is 12.1. The normalized spacial score (nSPS) is 14.8. The third-order valence-electron chi connectivity index (χ3n) is 6.33. The lowest BCUT2D eigenvalue weighted by molar-refractivity contribution is 0.302. The Morgan fingerprint density at radius 3 is 2.41 bits per heavy atom. The molecule has 1 heterocycles. The van der Waals surface area contributed by atoms with Gasteiger partial charge in [0.15, 0.2) is 0 Å². The zero-order valence-corrected chi connectivity index (χ0v) is 22.8. The number of hydrogen-bond donors (Lipinski definition) is 3. The molecule has 37 heavy (non-hydrogen) atoms. The maximum absolute atomic E-state index is 14.0. The number of anilines is 1. The van der Waals surface area contributed by atoms with E-state index in [1.807, 2.05) is 25.1 Å². The van der Waals surface area contributed by atoms with Gasteiger partial charge in [-0.15, -0.1) is 0 Å². The van der Waals surface area contributed by atoms with E-state index in [9.17, 15) is 13.5 Å². The van der Waals surface area contributed by atoms with Crippen LogP contribution in [0.25, 0.3) is 16.7 Å². The van der Waals surface area contributed by atoms with Crippen LogP contribution in [0.1, 0.15) is 44.4 Å². The first kappa shape index (κ1) is 26.9. The highest BCUT2D eigenvalue weighted by Gasteiger charge is 2.27. The Labute approximate surface area is 219 Å². The number of aryl methyl sites for hydroxylation is 1. The van der Waals surface area contributed by atoms with Crippen molar-refractivity contribution in [2.45, 2.75) is 46.8 Å². The highest BCUT2D eigenvalue weighted by Crippen LogP contribution is 2.46. The molecule has 0 saturated carbocycles. The van der Waals surface area contributed by atoms with Crippen molar-refractivity contribution in [1.29, 1.82) is 0 Å². The van der Waals surface area contributed by atoms with Crippen LogP contribution < -0.4 is 19.0 Å². The molecule has 0 amide bonds. The zero-order chi connectivity index (χ0) is 27.0. The minimum atomic E-state index is -3.18. The van der Waals surface area contributed by atoms with Crippen LogP contribution in [0.2, 0.25) is 0 Å². The number of fused-ring (bicyclic) bond motifs is 1. The van der Waals surface area contributed by atoms with Crippen molar-refractivity contribution >= 4 is 22.1 Å². The van der Waals surface area contributed by atoms with E-state index in [1.165, 1.54) is 12.1 Å². The highest BCUT2D eigenvalue weighted by atomic mass is 32.3. The Kier molecular flexibility index (Phi) is 7.46. The van der Waals surface area contributed by atoms with Gasteiger partial charge in [0, 0.05) is 34.5 Å². The largest absolute Gasteiger partial charge is 0.496 e. The number of methoxy groups -OCH3 is 1. The van der Waals surface area contributed by atoms with Crippen molar-refractivity contribution in [3.63, 3.8) is 0 Å². The third-order valence-corrected chi connectivity index (χ3v) is 7.54. The van der Waals surface area contributed by atoms with Gasteiger partial charge >= 0.3 is 0 Å². The van der Waals surface area contributed by atoms with Crippen molar-refractivity contribution in [3.8, 4) is 28.4 Å². The molecule has 0 atom stereocenters. The van der Waals surface area contributed by atoms with Gasteiger partial charge in [-0.2, -0.15) is 0 Å². The molecule has 198 valence electrons. The first-order valence-corrected chi connectivity index (χ1v) is 13.7. The minimum Gasteiger partial charge on any atom is -0.496 e. The molecule has 1 aliphatic heterocycles. The average molecular weight is 528 g/mol. The summed E-state index contributed by atoms with van der Waals surface area (Å²) in [5, 5.41) is 3.58. The second kappa shape index (κ2) is 10.3. The number of allylic oxidation sites excluding steroid dienone is 1. The molecule has 6 nitrogen and oxygen atoms in total. The number of hydrogen-bond acceptors (Lipinski definition) is 6. The van der Waals surface area contributed by atoms with E-state index in [0.29, 0.717) is 17.2 Å². The molecule has 1 aliphatic rings. The van der Waals surface area contributed by atoms with Crippen LogP contribution in [0.4, 0.5) is 10.1 Å². The number of halogens is 1. The van der Waals surface area contributed by atoms with Crippen LogP contribution in [-0.2, 0) is 6.61 Å². The van der Waals surface area contributed by atoms with Crippen LogP contribution in [-0.4, -0.2) is 27.5 Å². The van der Waals surface area contributed by atoms with Gasteiger partial charge in [-0.3, -0.25) is 9.11 Å². The Bertz CT molecular complexity index is 1350. The van der Waals surface area contributed by atoms with E-state index in [4.69, 9.17) is 13.7 Å². The SMILES string of the molecule is CCS(O)(O)Oc1ccc(-c2ccc3c(c2COc2cc(F)ccc2C)C(C)=CC(C)(C)N3)c(OC)c1. The molecule has 0 bridgehead atoms. The fourth-order valence-corrected chi connectivity index (χ4v) is 5.17. The molecule has 8 heteroatoms. The standard InChI is InChI=1S/C29H34FNO5S/c1-7-37(32,33)36-21-10-11-23(27(15-21)34-6)22-12-13-25-28(19(3)16-29(4,5)31-25)24(22)17-35-26-14-20(30)9-8-18(26)2/h8-16,31-33H,7,17H2,1-6H3. The summed E-state index contributed by atoms with van der Waals surface area (Å²) in [6.07, 6.45) is 2.18. The van der Waals surface area contributed by atoms with Gasteiger partial charge in [-0.25, -0.2) is 4.39 Å². The molecule has 0 unspecified atom stereocenters. The maximum Gasteiger partial charge on any atom is 0.144 e. The summed E-state index contributed by atoms with van der Waals surface area (Å²) in [6, 6.07) is 13.7. The third kappa shape index (κ3) is 5.87. The fourth-order valence-electron chi connectivity index (χ4n) is 4.64. The molecule has 0 spiro atoms. The number of rotatable bonds is 8. The van der Waals surface area contributed by atoms with Gasteiger partial charge in [0.1, 0.15) is 40.5 Å². The lowest BCUT2D eigenvalue weighted by Gasteiger charge is -2.33. The second-order valence-electron chi connectivity index (χ2n) is 9.73. The quantitative estimate of drug-likeness (QED) is 0.275. The molecular weight excluding hydrogens is 493 g/mol. The van der Waals surface area contributed by atoms with Crippen molar-refractivity contribution in [2.24, 2.45) is 0 Å². The second-order valence-corrected chi connectivity index (χ2v) is 11.7. The van der Waals surface area contributed by atoms with Crippen molar-refractivity contribution in [2.75, 3.05) is 18.2 Å². The molecule has 0 aliphatic carbocycles. The molecule has 3 aromatic rings. The summed E-state index contributed by atoms with van der Waals surface area (Å²) in [5.74, 6) is 1.02. The van der Waals surface area contributed by atoms with E-state index >= 15 is 0 Å². The number of ether oxygens (including phenoxy) is 2. The van der Waals surface area contributed by atoms with E-state index < -0.39 is 10.9 Å².